The van der Waals surface area contributed by atoms with Crippen LogP contribution in [0, 0.1) is 0 Å². The predicted octanol–water partition coefficient (Wildman–Crippen LogP) is -1.16. The van der Waals surface area contributed by atoms with Crippen molar-refractivity contribution >= 4 is 12.0 Å². The largest absolute Gasteiger partial charge is 0.478 e. The first-order valence-corrected chi connectivity index (χ1v) is 6.14. The average Bonchev–Trinajstić information content (AvgIpc) is 2.52. The summed E-state index contributed by atoms with van der Waals surface area (Å²) in [6, 6.07) is 9.31. The van der Waals surface area contributed by atoms with Gasteiger partial charge in [-0.25, -0.2) is 4.79 Å². The Morgan fingerprint density at radius 3 is 1.86 bits per heavy atom. The third-order valence-electron chi connectivity index (χ3n) is 2.38. The molecule has 7 heteroatoms. The van der Waals surface area contributed by atoms with Gasteiger partial charge in [0.2, 0.25) is 0 Å². The summed E-state index contributed by atoms with van der Waals surface area (Å²) in [7, 11) is 0. The van der Waals surface area contributed by atoms with Crippen LogP contribution >= 0.6 is 0 Å². The normalized spacial score (nSPS) is 14.9. The van der Waals surface area contributed by atoms with E-state index in [1.54, 1.807) is 6.08 Å². The Kier molecular flexibility index (Phi) is 10.0. The first-order chi connectivity index (χ1) is 9.92. The minimum atomic E-state index is -1.49. The lowest BCUT2D eigenvalue weighted by Crippen LogP contribution is -2.41. The van der Waals surface area contributed by atoms with Gasteiger partial charge < -0.3 is 30.6 Å². The Balaban J connectivity index is 0.000000384. The molecule has 0 fully saturated rings. The second kappa shape index (κ2) is 11.0. The highest BCUT2D eigenvalue weighted by atomic mass is 16.4. The highest BCUT2D eigenvalue weighted by Gasteiger charge is 2.22. The van der Waals surface area contributed by atoms with Crippen molar-refractivity contribution in [1.82, 2.24) is 0 Å². The van der Waals surface area contributed by atoms with E-state index in [2.05, 4.69) is 0 Å². The maximum atomic E-state index is 10.1. The van der Waals surface area contributed by atoms with Gasteiger partial charge >= 0.3 is 5.97 Å². The molecule has 1 rings (SSSR count). The second-order valence-corrected chi connectivity index (χ2v) is 4.07. The Labute approximate surface area is 122 Å². The van der Waals surface area contributed by atoms with E-state index >= 15 is 0 Å². The number of benzene rings is 1. The van der Waals surface area contributed by atoms with E-state index < -0.39 is 37.5 Å². The molecule has 6 N–H and O–H groups in total. The zero-order valence-corrected chi connectivity index (χ0v) is 11.3. The average molecular weight is 300 g/mol. The van der Waals surface area contributed by atoms with Gasteiger partial charge in [0.15, 0.2) is 0 Å². The minimum Gasteiger partial charge on any atom is -0.478 e. The van der Waals surface area contributed by atoms with Crippen molar-refractivity contribution in [1.29, 1.82) is 0 Å². The highest BCUT2D eigenvalue weighted by molar-refractivity contribution is 5.85. The monoisotopic (exact) mass is 300 g/mol. The fraction of sp³-hybridized carbons (Fsp3) is 0.357. The number of carboxylic acids is 1. The lowest BCUT2D eigenvalue weighted by Gasteiger charge is -2.19. The van der Waals surface area contributed by atoms with Crippen molar-refractivity contribution in [2.45, 2.75) is 18.3 Å². The summed E-state index contributed by atoms with van der Waals surface area (Å²) >= 11 is 0. The van der Waals surface area contributed by atoms with Gasteiger partial charge in [-0.2, -0.15) is 0 Å². The van der Waals surface area contributed by atoms with Gasteiger partial charge in [-0.3, -0.25) is 0 Å². The molecule has 0 saturated carbocycles. The van der Waals surface area contributed by atoms with Gasteiger partial charge in [0, 0.05) is 6.08 Å². The number of carboxylic acid groups (broad SMARTS) is 1. The number of carbonyl (C=O) groups is 1. The van der Waals surface area contributed by atoms with Crippen LogP contribution in [0.5, 0.6) is 0 Å². The van der Waals surface area contributed by atoms with Crippen LogP contribution in [0.25, 0.3) is 6.08 Å². The first-order valence-electron chi connectivity index (χ1n) is 6.14. The van der Waals surface area contributed by atoms with Crippen LogP contribution in [-0.2, 0) is 4.79 Å². The van der Waals surface area contributed by atoms with Crippen LogP contribution in [0.15, 0.2) is 36.4 Å². The van der Waals surface area contributed by atoms with Gasteiger partial charge in [-0.05, 0) is 11.6 Å². The SMILES string of the molecule is O=C(O)C=Cc1ccccc1.OCC(O)C(O)C(O)CO. The van der Waals surface area contributed by atoms with Crippen LogP contribution in [0.2, 0.25) is 0 Å². The van der Waals surface area contributed by atoms with E-state index in [9.17, 15) is 4.79 Å². The molecule has 0 heterocycles. The van der Waals surface area contributed by atoms with Gasteiger partial charge in [-0.15, -0.1) is 0 Å². The molecule has 1 aromatic rings. The van der Waals surface area contributed by atoms with Crippen molar-refractivity contribution in [2.75, 3.05) is 13.2 Å². The number of aliphatic carboxylic acids is 1. The Hall–Kier alpha value is -1.77. The Bertz CT molecular complexity index is 409. The molecule has 21 heavy (non-hydrogen) atoms. The fourth-order valence-electron chi connectivity index (χ4n) is 1.20. The zero-order valence-electron chi connectivity index (χ0n) is 11.3. The summed E-state index contributed by atoms with van der Waals surface area (Å²) < 4.78 is 0. The fourth-order valence-corrected chi connectivity index (χ4v) is 1.20. The summed E-state index contributed by atoms with van der Waals surface area (Å²) in [5, 5.41) is 50.9. The lowest BCUT2D eigenvalue weighted by molar-refractivity contribution is -0.131. The molecule has 0 radical (unpaired) electrons. The van der Waals surface area contributed by atoms with Crippen molar-refractivity contribution < 1.29 is 35.4 Å². The van der Waals surface area contributed by atoms with Gasteiger partial charge in [0.1, 0.15) is 18.3 Å². The predicted molar refractivity (Wildman–Crippen MR) is 75.3 cm³/mol. The Morgan fingerprint density at radius 2 is 1.48 bits per heavy atom. The molecule has 2 unspecified atom stereocenters. The molecule has 0 spiro atoms. The minimum absolute atomic E-state index is 0.641. The molecule has 0 aliphatic carbocycles. The van der Waals surface area contributed by atoms with E-state index in [0.717, 1.165) is 11.6 Å². The maximum absolute atomic E-state index is 10.1. The number of hydrogen-bond acceptors (Lipinski definition) is 6. The van der Waals surface area contributed by atoms with E-state index in [-0.39, 0.29) is 0 Å². The quantitative estimate of drug-likeness (QED) is 0.364. The molecule has 0 amide bonds. The van der Waals surface area contributed by atoms with Crippen LogP contribution in [-0.4, -0.2) is 68.1 Å². The van der Waals surface area contributed by atoms with E-state index in [1.165, 1.54) is 0 Å². The molecule has 2 atom stereocenters. The van der Waals surface area contributed by atoms with Gasteiger partial charge in [0.25, 0.3) is 0 Å². The standard InChI is InChI=1S/C9H8O2.C5H12O5/c10-9(11)7-6-8-4-2-1-3-5-8;6-1-3(8)5(10)4(9)2-7/h1-7H,(H,10,11);3-10H,1-2H2. The smallest absolute Gasteiger partial charge is 0.328 e. The van der Waals surface area contributed by atoms with E-state index in [1.807, 2.05) is 30.3 Å². The number of aliphatic hydroxyl groups is 5. The van der Waals surface area contributed by atoms with Crippen LogP contribution in [0.1, 0.15) is 5.56 Å². The van der Waals surface area contributed by atoms with Crippen LogP contribution in [0.3, 0.4) is 0 Å². The molecule has 7 nitrogen and oxygen atoms in total. The number of aliphatic hydroxyl groups excluding tert-OH is 5. The molecule has 1 aromatic carbocycles. The van der Waals surface area contributed by atoms with E-state index in [4.69, 9.17) is 30.6 Å². The first kappa shape index (κ1) is 19.2. The zero-order chi connectivity index (χ0) is 16.3. The highest BCUT2D eigenvalue weighted by Crippen LogP contribution is 2.00. The molecular weight excluding hydrogens is 280 g/mol. The molecule has 0 bridgehead atoms. The Morgan fingerprint density at radius 1 is 1.00 bits per heavy atom. The summed E-state index contributed by atoms with van der Waals surface area (Å²) in [6.07, 6.45) is -1.61. The van der Waals surface area contributed by atoms with Gasteiger partial charge in [0.05, 0.1) is 13.2 Å². The van der Waals surface area contributed by atoms with Crippen molar-refractivity contribution in [3.63, 3.8) is 0 Å². The van der Waals surface area contributed by atoms with Crippen LogP contribution in [0.4, 0.5) is 0 Å². The molecule has 0 saturated heterocycles. The van der Waals surface area contributed by atoms with Crippen LogP contribution < -0.4 is 0 Å². The number of hydrogen-bond donors (Lipinski definition) is 6. The molecule has 0 aliphatic rings. The summed E-state index contributed by atoms with van der Waals surface area (Å²) in [5.41, 5.74) is 0.898. The molecule has 0 aromatic heterocycles. The number of rotatable bonds is 6. The summed E-state index contributed by atoms with van der Waals surface area (Å²) in [5.74, 6) is -0.922. The van der Waals surface area contributed by atoms with E-state index in [0.29, 0.717) is 0 Å². The van der Waals surface area contributed by atoms with Crippen molar-refractivity contribution in [3.8, 4) is 0 Å². The van der Waals surface area contributed by atoms with Gasteiger partial charge in [-0.1, -0.05) is 30.3 Å². The van der Waals surface area contributed by atoms with Crippen molar-refractivity contribution in [2.24, 2.45) is 0 Å². The maximum Gasteiger partial charge on any atom is 0.328 e. The summed E-state index contributed by atoms with van der Waals surface area (Å²) in [6.45, 7) is -1.28. The molecule has 118 valence electrons. The second-order valence-electron chi connectivity index (χ2n) is 4.07. The summed E-state index contributed by atoms with van der Waals surface area (Å²) in [4.78, 5) is 10.1. The topological polar surface area (TPSA) is 138 Å². The third kappa shape index (κ3) is 8.90. The molecule has 0 aliphatic heterocycles. The molecular formula is C14H20O7. The third-order valence-corrected chi connectivity index (χ3v) is 2.38. The van der Waals surface area contributed by atoms with Crippen molar-refractivity contribution in [3.05, 3.63) is 42.0 Å². The lowest BCUT2D eigenvalue weighted by atomic mass is 10.1.